The summed E-state index contributed by atoms with van der Waals surface area (Å²) in [6.07, 6.45) is 13.9. The minimum absolute atomic E-state index is 0.327. The van der Waals surface area contributed by atoms with E-state index in [1.807, 2.05) is 0 Å². The van der Waals surface area contributed by atoms with E-state index in [-0.39, 0.29) is 0 Å². The third-order valence-corrected chi connectivity index (χ3v) is 11.2. The fourth-order valence-electron chi connectivity index (χ4n) is 4.99. The molecule has 24 heavy (non-hydrogen) atoms. The van der Waals surface area contributed by atoms with Crippen molar-refractivity contribution >= 4 is 21.6 Å². The predicted molar refractivity (Wildman–Crippen MR) is 105 cm³/mol. The van der Waals surface area contributed by atoms with E-state index in [9.17, 15) is 8.42 Å². The number of rotatable bonds is 4. The van der Waals surface area contributed by atoms with Gasteiger partial charge in [0.25, 0.3) is 0 Å². The Hall–Kier alpha value is 0.300. The smallest absolute Gasteiger partial charge is 0.0362 e. The molecular weight excluding hydrogens is 336 g/mol. The molecule has 0 bridgehead atoms. The summed E-state index contributed by atoms with van der Waals surface area (Å²) in [5.74, 6) is 1.64. The van der Waals surface area contributed by atoms with E-state index in [4.69, 9.17) is 0 Å². The molecular formula is C20H36O2S2. The molecule has 0 radical (unpaired) electrons. The van der Waals surface area contributed by atoms with Crippen LogP contribution in [-0.4, -0.2) is 29.4 Å². The zero-order valence-electron chi connectivity index (χ0n) is 15.6. The lowest BCUT2D eigenvalue weighted by molar-refractivity contribution is 0.382. The van der Waals surface area contributed by atoms with Gasteiger partial charge >= 0.3 is 0 Å². The standard InChI is InChI=1S/C20H36O2S2/c1-15-6-10-17(11-7-15)23(21)19-4-3-5-20(14-19)24(22)18-12-8-16(2)9-13-18/h15-20H,3-14H2,1-2H3. The van der Waals surface area contributed by atoms with E-state index in [1.54, 1.807) is 0 Å². The van der Waals surface area contributed by atoms with Crippen molar-refractivity contribution in [2.24, 2.45) is 11.8 Å². The minimum atomic E-state index is -0.690. The number of hydrogen-bond donors (Lipinski definition) is 0. The summed E-state index contributed by atoms with van der Waals surface area (Å²) >= 11 is 0. The molecule has 140 valence electrons. The Morgan fingerprint density at radius 3 is 1.29 bits per heavy atom. The molecule has 0 aliphatic heterocycles. The molecule has 4 unspecified atom stereocenters. The molecule has 0 aromatic rings. The molecule has 0 spiro atoms. The van der Waals surface area contributed by atoms with Gasteiger partial charge < -0.3 is 0 Å². The van der Waals surface area contributed by atoms with Crippen molar-refractivity contribution in [3.05, 3.63) is 0 Å². The Balaban J connectivity index is 1.54. The van der Waals surface area contributed by atoms with E-state index >= 15 is 0 Å². The van der Waals surface area contributed by atoms with Crippen LogP contribution in [0.15, 0.2) is 0 Å². The first-order valence-electron chi connectivity index (χ1n) is 10.3. The van der Waals surface area contributed by atoms with E-state index in [0.717, 1.165) is 63.2 Å². The van der Waals surface area contributed by atoms with E-state index in [0.29, 0.717) is 21.0 Å². The van der Waals surface area contributed by atoms with Crippen LogP contribution in [0.5, 0.6) is 0 Å². The minimum Gasteiger partial charge on any atom is -0.259 e. The van der Waals surface area contributed by atoms with E-state index in [2.05, 4.69) is 13.8 Å². The van der Waals surface area contributed by atoms with Gasteiger partial charge in [0.15, 0.2) is 0 Å². The van der Waals surface area contributed by atoms with Crippen molar-refractivity contribution in [1.29, 1.82) is 0 Å². The maximum atomic E-state index is 13.1. The summed E-state index contributed by atoms with van der Waals surface area (Å²) in [5, 5.41) is 1.50. The molecule has 4 heteroatoms. The zero-order chi connectivity index (χ0) is 17.1. The molecule has 3 aliphatic rings. The Morgan fingerprint density at radius 1 is 0.542 bits per heavy atom. The van der Waals surface area contributed by atoms with Crippen LogP contribution < -0.4 is 0 Å². The van der Waals surface area contributed by atoms with Crippen LogP contribution in [0.2, 0.25) is 0 Å². The van der Waals surface area contributed by atoms with Crippen molar-refractivity contribution < 1.29 is 8.42 Å². The molecule has 0 heterocycles. The van der Waals surface area contributed by atoms with Crippen molar-refractivity contribution in [3.8, 4) is 0 Å². The van der Waals surface area contributed by atoms with Crippen molar-refractivity contribution in [1.82, 2.24) is 0 Å². The monoisotopic (exact) mass is 372 g/mol. The van der Waals surface area contributed by atoms with E-state index < -0.39 is 21.6 Å². The summed E-state index contributed by atoms with van der Waals surface area (Å²) in [6.45, 7) is 4.65. The molecule has 0 N–H and O–H groups in total. The van der Waals surface area contributed by atoms with Gasteiger partial charge in [-0.15, -0.1) is 0 Å². The average Bonchev–Trinajstić information content (AvgIpc) is 2.62. The molecule has 3 aliphatic carbocycles. The summed E-state index contributed by atoms with van der Waals surface area (Å²) in [5.41, 5.74) is 0. The van der Waals surface area contributed by atoms with Gasteiger partial charge in [-0.25, -0.2) is 0 Å². The lowest BCUT2D eigenvalue weighted by Gasteiger charge is -2.35. The SMILES string of the molecule is CC1CCC(S(=O)C2CCCC(S(=O)C3CCC(C)CC3)C2)CC1. The van der Waals surface area contributed by atoms with Gasteiger partial charge in [-0.2, -0.15) is 0 Å². The second-order valence-electron chi connectivity index (χ2n) is 8.83. The Bertz CT molecular complexity index is 409. The quantitative estimate of drug-likeness (QED) is 0.699. The van der Waals surface area contributed by atoms with Crippen LogP contribution in [0, 0.1) is 11.8 Å². The van der Waals surface area contributed by atoms with Crippen molar-refractivity contribution in [3.63, 3.8) is 0 Å². The normalized spacial score (nSPS) is 43.9. The van der Waals surface area contributed by atoms with E-state index in [1.165, 1.54) is 25.7 Å². The highest BCUT2D eigenvalue weighted by atomic mass is 32.2. The zero-order valence-corrected chi connectivity index (χ0v) is 17.2. The van der Waals surface area contributed by atoms with Crippen LogP contribution >= 0.6 is 0 Å². The van der Waals surface area contributed by atoms with Crippen LogP contribution in [0.4, 0.5) is 0 Å². The first-order valence-corrected chi connectivity index (χ1v) is 12.9. The van der Waals surface area contributed by atoms with Gasteiger partial charge in [0.05, 0.1) is 0 Å². The van der Waals surface area contributed by atoms with Crippen LogP contribution in [-0.2, 0) is 21.6 Å². The van der Waals surface area contributed by atoms with Crippen molar-refractivity contribution in [2.75, 3.05) is 0 Å². The summed E-state index contributed by atoms with van der Waals surface area (Å²) in [4.78, 5) is 0. The summed E-state index contributed by atoms with van der Waals surface area (Å²) < 4.78 is 26.1. The molecule has 3 rings (SSSR count). The third kappa shape index (κ3) is 4.72. The second kappa shape index (κ2) is 8.79. The fourth-order valence-corrected chi connectivity index (χ4v) is 9.32. The van der Waals surface area contributed by atoms with Crippen molar-refractivity contribution in [2.45, 2.75) is 112 Å². The summed E-state index contributed by atoms with van der Waals surface area (Å²) in [7, 11) is -1.38. The molecule has 0 saturated heterocycles. The maximum absolute atomic E-state index is 13.1. The fraction of sp³-hybridized carbons (Fsp3) is 1.00. The largest absolute Gasteiger partial charge is 0.259 e. The highest BCUT2D eigenvalue weighted by Crippen LogP contribution is 2.36. The Kier molecular flexibility index (Phi) is 6.99. The van der Waals surface area contributed by atoms with Gasteiger partial charge in [-0.05, 0) is 82.5 Å². The molecule has 0 aromatic carbocycles. The molecule has 2 nitrogen and oxygen atoms in total. The van der Waals surface area contributed by atoms with Crippen LogP contribution in [0.3, 0.4) is 0 Å². The van der Waals surface area contributed by atoms with Crippen LogP contribution in [0.1, 0.15) is 90.9 Å². The number of hydrogen-bond acceptors (Lipinski definition) is 2. The first kappa shape index (κ1) is 19.1. The topological polar surface area (TPSA) is 34.1 Å². The highest BCUT2D eigenvalue weighted by Gasteiger charge is 2.36. The Labute approximate surface area is 153 Å². The average molecular weight is 373 g/mol. The lowest BCUT2D eigenvalue weighted by atomic mass is 9.90. The van der Waals surface area contributed by atoms with Crippen LogP contribution in [0.25, 0.3) is 0 Å². The molecule has 4 atom stereocenters. The predicted octanol–water partition coefficient (Wildman–Crippen LogP) is 4.95. The lowest BCUT2D eigenvalue weighted by Crippen LogP contribution is -2.38. The summed E-state index contributed by atoms with van der Waals surface area (Å²) in [6, 6.07) is 0. The molecule has 0 amide bonds. The Morgan fingerprint density at radius 2 is 0.917 bits per heavy atom. The molecule has 0 aromatic heterocycles. The van der Waals surface area contributed by atoms with Gasteiger partial charge in [0.1, 0.15) is 0 Å². The maximum Gasteiger partial charge on any atom is 0.0362 e. The van der Waals surface area contributed by atoms with Gasteiger partial charge in [-0.1, -0.05) is 20.3 Å². The highest BCUT2D eigenvalue weighted by molar-refractivity contribution is 7.87. The van der Waals surface area contributed by atoms with Gasteiger partial charge in [0, 0.05) is 42.6 Å². The first-order chi connectivity index (χ1) is 11.5. The van der Waals surface area contributed by atoms with Gasteiger partial charge in [-0.3, -0.25) is 8.42 Å². The molecule has 3 fully saturated rings. The third-order valence-electron chi connectivity index (χ3n) is 6.82. The second-order valence-corrected chi connectivity index (χ2v) is 12.8. The van der Waals surface area contributed by atoms with Gasteiger partial charge in [0.2, 0.25) is 0 Å². The molecule has 3 saturated carbocycles.